The molecule has 2 aromatic carbocycles. The fourth-order valence-corrected chi connectivity index (χ4v) is 8.42. The smallest absolute Gasteiger partial charge is 0.388 e. The molecule has 168 valence electrons. The van der Waals surface area contributed by atoms with Gasteiger partial charge in [-0.05, 0) is 30.1 Å². The molecular weight excluding hydrogens is 412 g/mol. The van der Waals surface area contributed by atoms with Crippen LogP contribution in [0, 0.1) is 5.92 Å². The fourth-order valence-electron chi connectivity index (χ4n) is 3.26. The molecule has 2 rings (SSSR count). The number of rotatable bonds is 11. The van der Waals surface area contributed by atoms with E-state index in [9.17, 15) is 0 Å². The van der Waals surface area contributed by atoms with E-state index in [1.54, 1.807) is 21.3 Å². The van der Waals surface area contributed by atoms with E-state index in [1.165, 1.54) is 0 Å². The molecule has 0 bridgehead atoms. The molecule has 30 heavy (non-hydrogen) atoms. The highest BCUT2D eigenvalue weighted by Gasteiger charge is 2.42. The molecule has 2 aromatic rings. The van der Waals surface area contributed by atoms with Crippen molar-refractivity contribution < 1.29 is 22.1 Å². The average Bonchev–Trinajstić information content (AvgIpc) is 2.79. The number of hydrogen-bond donors (Lipinski definition) is 0. The summed E-state index contributed by atoms with van der Waals surface area (Å²) in [6.45, 7) is 9.59. The Morgan fingerprint density at radius 2 is 1.03 bits per heavy atom. The van der Waals surface area contributed by atoms with Gasteiger partial charge in [-0.1, -0.05) is 74.5 Å². The van der Waals surface area contributed by atoms with Gasteiger partial charge in [0, 0.05) is 40.6 Å². The quantitative estimate of drug-likeness (QED) is 0.487. The number of benzene rings is 2. The lowest BCUT2D eigenvalue weighted by Crippen LogP contribution is -2.63. The summed E-state index contributed by atoms with van der Waals surface area (Å²) in [4.78, 5) is 0. The predicted molar refractivity (Wildman–Crippen MR) is 128 cm³/mol. The molecule has 0 radical (unpaired) electrons. The molecule has 0 aliphatic heterocycles. The molecule has 0 unspecified atom stereocenters. The minimum atomic E-state index is -2.55. The van der Waals surface area contributed by atoms with E-state index in [0.717, 1.165) is 16.4 Å². The van der Waals surface area contributed by atoms with E-state index < -0.39 is 17.4 Å². The van der Waals surface area contributed by atoms with E-state index >= 15 is 0 Å². The van der Waals surface area contributed by atoms with Gasteiger partial charge in [0.25, 0.3) is 0 Å². The Labute approximate surface area is 184 Å². The van der Waals surface area contributed by atoms with Crippen LogP contribution in [-0.2, 0) is 22.1 Å². The van der Waals surface area contributed by atoms with Crippen molar-refractivity contribution in [1.82, 2.24) is 0 Å². The Bertz CT molecular complexity index is 623. The highest BCUT2D eigenvalue weighted by molar-refractivity contribution is 6.92. The molecule has 5 nitrogen and oxygen atoms in total. The van der Waals surface area contributed by atoms with Gasteiger partial charge in [0.2, 0.25) is 0 Å². The van der Waals surface area contributed by atoms with Crippen molar-refractivity contribution in [2.75, 3.05) is 34.5 Å². The molecule has 0 aliphatic rings. The summed E-state index contributed by atoms with van der Waals surface area (Å²) in [7, 11) is 0.0932. The highest BCUT2D eigenvalue weighted by atomic mass is 28.4. The van der Waals surface area contributed by atoms with E-state index in [1.807, 2.05) is 50.2 Å². The summed E-state index contributed by atoms with van der Waals surface area (Å²) in [6, 6.07) is 21.5. The highest BCUT2D eigenvalue weighted by Crippen LogP contribution is 2.18. The largest absolute Gasteiger partial charge is 0.500 e. The maximum Gasteiger partial charge on any atom is 0.500 e. The first-order chi connectivity index (χ1) is 14.4. The van der Waals surface area contributed by atoms with Crippen LogP contribution in [0.4, 0.5) is 0 Å². The van der Waals surface area contributed by atoms with E-state index in [0.29, 0.717) is 19.1 Å². The predicted octanol–water partition coefficient (Wildman–Crippen LogP) is 3.84. The molecule has 0 aromatic heterocycles. The maximum absolute atomic E-state index is 6.16. The zero-order valence-corrected chi connectivity index (χ0v) is 21.5. The van der Waals surface area contributed by atoms with Crippen LogP contribution in [0.3, 0.4) is 0 Å². The number of hydrogen-bond acceptors (Lipinski definition) is 5. The zero-order chi connectivity index (χ0) is 22.5. The lowest BCUT2D eigenvalue weighted by molar-refractivity contribution is 0.119. The van der Waals surface area contributed by atoms with Gasteiger partial charge in [0.1, 0.15) is 0 Å². The maximum atomic E-state index is 6.16. The Morgan fingerprint density at radius 3 is 1.27 bits per heavy atom. The van der Waals surface area contributed by atoms with Gasteiger partial charge >= 0.3 is 17.4 Å². The Balaban J connectivity index is 0.000000352. The summed E-state index contributed by atoms with van der Waals surface area (Å²) in [5.41, 5.74) is 0. The third-order valence-electron chi connectivity index (χ3n) is 4.59. The molecule has 0 heterocycles. The van der Waals surface area contributed by atoms with Crippen molar-refractivity contribution in [2.24, 2.45) is 5.92 Å². The average molecular weight is 451 g/mol. The Morgan fingerprint density at radius 1 is 0.667 bits per heavy atom. The van der Waals surface area contributed by atoms with Crippen LogP contribution in [0.25, 0.3) is 0 Å². The van der Waals surface area contributed by atoms with Crippen LogP contribution >= 0.6 is 0 Å². The molecule has 0 aliphatic carbocycles. The fraction of sp³-hybridized carbons (Fsp3) is 0.478. The van der Waals surface area contributed by atoms with Crippen molar-refractivity contribution >= 4 is 27.7 Å². The lowest BCUT2D eigenvalue weighted by atomic mass is 10.3. The van der Waals surface area contributed by atoms with Gasteiger partial charge in [-0.3, -0.25) is 0 Å². The van der Waals surface area contributed by atoms with Gasteiger partial charge in [0.05, 0.1) is 0 Å². The van der Waals surface area contributed by atoms with E-state index in [4.69, 9.17) is 22.1 Å². The topological polar surface area (TPSA) is 46.2 Å². The van der Waals surface area contributed by atoms with Crippen molar-refractivity contribution in [3.63, 3.8) is 0 Å². The second-order valence-electron chi connectivity index (χ2n) is 7.11. The first kappa shape index (κ1) is 26.7. The molecule has 0 atom stereocenters. The summed E-state index contributed by atoms with van der Waals surface area (Å²) in [6.07, 6.45) is 0. The van der Waals surface area contributed by atoms with Crippen molar-refractivity contribution in [3.05, 3.63) is 60.7 Å². The summed E-state index contributed by atoms with van der Waals surface area (Å²) in [5.74, 6) is 0.543. The summed E-state index contributed by atoms with van der Waals surface area (Å²) in [5, 5.41) is 2.31. The third-order valence-corrected chi connectivity index (χ3v) is 11.4. The van der Waals surface area contributed by atoms with Gasteiger partial charge in [-0.2, -0.15) is 0 Å². The zero-order valence-electron chi connectivity index (χ0n) is 19.5. The minimum Gasteiger partial charge on any atom is -0.388 e. The molecular formula is C23H38O5Si2. The van der Waals surface area contributed by atoms with E-state index in [-0.39, 0.29) is 0 Å². The van der Waals surface area contributed by atoms with Crippen LogP contribution in [0.15, 0.2) is 60.7 Å². The molecule has 0 fully saturated rings. The molecule has 0 amide bonds. The summed E-state index contributed by atoms with van der Waals surface area (Å²) < 4.78 is 28.0. The second-order valence-corrected chi connectivity index (χ2v) is 13.1. The summed E-state index contributed by atoms with van der Waals surface area (Å²) >= 11 is 0. The van der Waals surface area contributed by atoms with E-state index in [2.05, 4.69) is 38.1 Å². The monoisotopic (exact) mass is 450 g/mol. The van der Waals surface area contributed by atoms with Crippen molar-refractivity contribution in [2.45, 2.75) is 33.7 Å². The van der Waals surface area contributed by atoms with Gasteiger partial charge in [-0.15, -0.1) is 0 Å². The third kappa shape index (κ3) is 7.42. The first-order valence-corrected chi connectivity index (χ1v) is 14.2. The van der Waals surface area contributed by atoms with Crippen LogP contribution < -0.4 is 10.4 Å². The molecule has 0 spiro atoms. The van der Waals surface area contributed by atoms with Crippen molar-refractivity contribution in [3.8, 4) is 0 Å². The Kier molecular flexibility index (Phi) is 12.4. The van der Waals surface area contributed by atoms with Gasteiger partial charge < -0.3 is 22.1 Å². The van der Waals surface area contributed by atoms with Crippen molar-refractivity contribution in [1.29, 1.82) is 0 Å². The normalized spacial score (nSPS) is 11.9. The standard InChI is InChI=1S/C16H20O2Si.C7H18O3Si/c1-3-17-19(18-4-2,15-11-7-5-8-12-15)16-13-9-6-10-14-16;1-7(2)6-11(8-3,9-4)10-5/h5-14H,3-4H2,1-2H3;7H,6H2,1-5H3. The lowest BCUT2D eigenvalue weighted by Gasteiger charge is -2.30. The molecule has 0 saturated heterocycles. The first-order valence-electron chi connectivity index (χ1n) is 10.5. The van der Waals surface area contributed by atoms with Gasteiger partial charge in [0.15, 0.2) is 0 Å². The van der Waals surface area contributed by atoms with Crippen LogP contribution in [-0.4, -0.2) is 51.9 Å². The SMILES string of the molecule is CCO[Si](OCC)(c1ccccc1)c1ccccc1.CO[Si](CC(C)C)(OC)OC. The molecule has 0 saturated carbocycles. The van der Waals surface area contributed by atoms with Crippen LogP contribution in [0.1, 0.15) is 27.7 Å². The minimum absolute atomic E-state index is 0.543. The van der Waals surface area contributed by atoms with Crippen LogP contribution in [0.2, 0.25) is 6.04 Å². The molecule has 0 N–H and O–H groups in total. The second kappa shape index (κ2) is 13.9. The van der Waals surface area contributed by atoms with Gasteiger partial charge in [-0.25, -0.2) is 0 Å². The molecule has 7 heteroatoms. The Hall–Kier alpha value is -1.33. The van der Waals surface area contributed by atoms with Crippen LogP contribution in [0.5, 0.6) is 0 Å².